The Bertz CT molecular complexity index is 1030. The van der Waals surface area contributed by atoms with Crippen molar-refractivity contribution in [3.05, 3.63) is 48.3 Å². The van der Waals surface area contributed by atoms with Crippen LogP contribution in [0.15, 0.2) is 42.7 Å². The first-order chi connectivity index (χ1) is 14.8. The molecule has 3 aromatic rings. The van der Waals surface area contributed by atoms with Crippen LogP contribution in [-0.2, 0) is 6.54 Å². The number of rotatable bonds is 4. The van der Waals surface area contributed by atoms with Crippen LogP contribution in [0.5, 0.6) is 0 Å². The van der Waals surface area contributed by atoms with Crippen molar-refractivity contribution in [1.82, 2.24) is 30.7 Å². The first kappa shape index (κ1) is 17.9. The zero-order valence-electron chi connectivity index (χ0n) is 17.0. The molecule has 0 spiro atoms. The number of nitrogens with one attached hydrogen (secondary N) is 3. The maximum absolute atomic E-state index is 4.59. The molecule has 3 aliphatic heterocycles. The van der Waals surface area contributed by atoms with Crippen LogP contribution in [0.2, 0.25) is 0 Å². The highest BCUT2D eigenvalue weighted by molar-refractivity contribution is 5.82. The van der Waals surface area contributed by atoms with E-state index in [1.165, 1.54) is 31.2 Å². The third-order valence-electron chi connectivity index (χ3n) is 6.80. The molecule has 6 rings (SSSR count). The van der Waals surface area contributed by atoms with Crippen molar-refractivity contribution in [3.8, 4) is 16.9 Å². The summed E-state index contributed by atoms with van der Waals surface area (Å²) in [6, 6.07) is 12.2. The fraction of sp³-hybridized carbons (Fsp3) is 0.409. The van der Waals surface area contributed by atoms with Gasteiger partial charge in [-0.25, -0.2) is 10.1 Å². The minimum Gasteiger partial charge on any atom is -0.355 e. The van der Waals surface area contributed by atoms with E-state index in [0.717, 1.165) is 35.0 Å². The molecule has 3 N–H and O–H groups in total. The van der Waals surface area contributed by atoms with Crippen molar-refractivity contribution in [3.63, 3.8) is 0 Å². The second-order valence-corrected chi connectivity index (χ2v) is 8.57. The fourth-order valence-corrected chi connectivity index (χ4v) is 5.21. The average Bonchev–Trinajstić information content (AvgIpc) is 3.54. The first-order valence-corrected chi connectivity index (χ1v) is 10.7. The molecule has 5 heterocycles. The summed E-state index contributed by atoms with van der Waals surface area (Å²) in [5.74, 6) is 0.945. The molecule has 2 unspecified atom stereocenters. The SMILES string of the molecule is CN(c1ccc(-c2ccc(-n3cccn3)c3c2NNC3)nn1)C1CC2CCC(C1)N2. The lowest BCUT2D eigenvalue weighted by Crippen LogP contribution is -2.47. The van der Waals surface area contributed by atoms with Gasteiger partial charge in [0, 0.05) is 55.2 Å². The normalized spacial score (nSPS) is 24.5. The van der Waals surface area contributed by atoms with Gasteiger partial charge in [0.25, 0.3) is 0 Å². The zero-order valence-corrected chi connectivity index (χ0v) is 17.0. The minimum absolute atomic E-state index is 0.535. The van der Waals surface area contributed by atoms with Gasteiger partial charge in [0.1, 0.15) is 0 Å². The summed E-state index contributed by atoms with van der Waals surface area (Å²) in [4.78, 5) is 2.31. The summed E-state index contributed by atoms with van der Waals surface area (Å²) in [7, 11) is 2.15. The van der Waals surface area contributed by atoms with E-state index >= 15 is 0 Å². The quantitative estimate of drug-likeness (QED) is 0.618. The topological polar surface area (TPSA) is 82.9 Å². The van der Waals surface area contributed by atoms with Gasteiger partial charge in [0.2, 0.25) is 0 Å². The highest BCUT2D eigenvalue weighted by Crippen LogP contribution is 2.36. The van der Waals surface area contributed by atoms with Gasteiger partial charge < -0.3 is 15.6 Å². The first-order valence-electron chi connectivity index (χ1n) is 10.7. The summed E-state index contributed by atoms with van der Waals surface area (Å²) >= 11 is 0. The van der Waals surface area contributed by atoms with Crippen LogP contribution in [0.3, 0.4) is 0 Å². The second-order valence-electron chi connectivity index (χ2n) is 8.57. The van der Waals surface area contributed by atoms with Crippen LogP contribution in [0.25, 0.3) is 16.9 Å². The number of anilines is 2. The molecule has 30 heavy (non-hydrogen) atoms. The molecule has 1 aromatic carbocycles. The molecule has 3 aliphatic rings. The second kappa shape index (κ2) is 7.07. The fourth-order valence-electron chi connectivity index (χ4n) is 5.21. The summed E-state index contributed by atoms with van der Waals surface area (Å²) in [6.07, 6.45) is 8.75. The van der Waals surface area contributed by atoms with Gasteiger partial charge in [-0.1, -0.05) is 0 Å². The smallest absolute Gasteiger partial charge is 0.151 e. The number of aromatic nitrogens is 4. The number of hydrazine groups is 1. The number of nitrogens with zero attached hydrogens (tertiary/aromatic N) is 5. The maximum Gasteiger partial charge on any atom is 0.151 e. The van der Waals surface area contributed by atoms with E-state index in [2.05, 4.69) is 67.7 Å². The van der Waals surface area contributed by atoms with E-state index < -0.39 is 0 Å². The van der Waals surface area contributed by atoms with Gasteiger partial charge in [-0.3, -0.25) is 0 Å². The summed E-state index contributed by atoms with van der Waals surface area (Å²) < 4.78 is 1.90. The van der Waals surface area contributed by atoms with Crippen LogP contribution in [0, 0.1) is 0 Å². The molecule has 0 saturated carbocycles. The highest BCUT2D eigenvalue weighted by atomic mass is 15.4. The average molecular weight is 403 g/mol. The zero-order chi connectivity index (χ0) is 20.1. The molecule has 2 bridgehead atoms. The molecule has 0 radical (unpaired) electrons. The third-order valence-corrected chi connectivity index (χ3v) is 6.80. The van der Waals surface area contributed by atoms with Crippen molar-refractivity contribution >= 4 is 11.5 Å². The largest absolute Gasteiger partial charge is 0.355 e. The summed E-state index contributed by atoms with van der Waals surface area (Å²) in [6.45, 7) is 0.741. The number of benzene rings is 1. The van der Waals surface area contributed by atoms with E-state index in [1.54, 1.807) is 6.20 Å². The molecular formula is C22H26N8. The van der Waals surface area contributed by atoms with Crippen molar-refractivity contribution < 1.29 is 0 Å². The Labute approximate surface area is 175 Å². The standard InChI is InChI=1S/C22H26N8/c1-29(16-11-14-3-4-15(12-16)25-14)21-8-6-19(26-27-21)17-5-7-20(30-10-2-9-24-30)18-13-23-28-22(17)18/h2,5-10,14-16,23,25,28H,3-4,11-13H2,1H3. The molecule has 2 saturated heterocycles. The third kappa shape index (κ3) is 2.95. The van der Waals surface area contributed by atoms with Crippen LogP contribution < -0.4 is 21.1 Å². The molecule has 8 heteroatoms. The van der Waals surface area contributed by atoms with Crippen molar-refractivity contribution in [2.45, 2.75) is 50.4 Å². The van der Waals surface area contributed by atoms with E-state index in [0.29, 0.717) is 18.1 Å². The molecule has 0 aliphatic carbocycles. The summed E-state index contributed by atoms with van der Waals surface area (Å²) in [5.41, 5.74) is 11.8. The predicted octanol–water partition coefficient (Wildman–Crippen LogP) is 2.48. The lowest BCUT2D eigenvalue weighted by atomic mass is 9.98. The lowest BCUT2D eigenvalue weighted by molar-refractivity contribution is 0.353. The van der Waals surface area contributed by atoms with E-state index in [1.807, 2.05) is 16.9 Å². The number of hydrogen-bond acceptors (Lipinski definition) is 7. The van der Waals surface area contributed by atoms with Crippen molar-refractivity contribution in [1.29, 1.82) is 0 Å². The molecule has 2 aromatic heterocycles. The highest BCUT2D eigenvalue weighted by Gasteiger charge is 2.35. The Morgan fingerprint density at radius 2 is 1.93 bits per heavy atom. The number of fused-ring (bicyclic) bond motifs is 3. The monoisotopic (exact) mass is 402 g/mol. The Balaban J connectivity index is 1.28. The van der Waals surface area contributed by atoms with Crippen LogP contribution in [-0.4, -0.2) is 45.2 Å². The molecule has 2 fully saturated rings. The van der Waals surface area contributed by atoms with Crippen LogP contribution in [0.4, 0.5) is 11.5 Å². The van der Waals surface area contributed by atoms with Gasteiger partial charge >= 0.3 is 0 Å². The maximum atomic E-state index is 4.59. The Kier molecular flexibility index (Phi) is 4.21. The molecule has 2 atom stereocenters. The van der Waals surface area contributed by atoms with E-state index in [-0.39, 0.29) is 0 Å². The predicted molar refractivity (Wildman–Crippen MR) is 116 cm³/mol. The van der Waals surface area contributed by atoms with Crippen LogP contribution in [0.1, 0.15) is 31.2 Å². The van der Waals surface area contributed by atoms with Crippen molar-refractivity contribution in [2.75, 3.05) is 17.4 Å². The van der Waals surface area contributed by atoms with E-state index in [4.69, 9.17) is 0 Å². The molecule has 0 amide bonds. The van der Waals surface area contributed by atoms with Crippen LogP contribution >= 0.6 is 0 Å². The van der Waals surface area contributed by atoms with Crippen molar-refractivity contribution in [2.24, 2.45) is 0 Å². The Hall–Kier alpha value is -2.97. The van der Waals surface area contributed by atoms with Gasteiger partial charge in [-0.15, -0.1) is 10.2 Å². The minimum atomic E-state index is 0.535. The lowest BCUT2D eigenvalue weighted by Gasteiger charge is -2.36. The molecule has 8 nitrogen and oxygen atoms in total. The Morgan fingerprint density at radius 3 is 2.67 bits per heavy atom. The number of hydrogen-bond donors (Lipinski definition) is 3. The summed E-state index contributed by atoms with van der Waals surface area (Å²) in [5, 5.41) is 17.3. The van der Waals surface area contributed by atoms with Gasteiger partial charge in [-0.05, 0) is 56.0 Å². The molecule has 154 valence electrons. The molecular weight excluding hydrogens is 376 g/mol. The number of piperidine rings is 1. The van der Waals surface area contributed by atoms with Gasteiger partial charge in [0.05, 0.1) is 17.1 Å². The van der Waals surface area contributed by atoms with E-state index in [9.17, 15) is 0 Å². The van der Waals surface area contributed by atoms with Gasteiger partial charge in [0.15, 0.2) is 5.82 Å². The Morgan fingerprint density at radius 1 is 1.07 bits per heavy atom. The van der Waals surface area contributed by atoms with Gasteiger partial charge in [-0.2, -0.15) is 5.10 Å².